The minimum absolute atomic E-state index is 0.162. The van der Waals surface area contributed by atoms with Crippen molar-refractivity contribution in [3.05, 3.63) is 58.2 Å². The van der Waals surface area contributed by atoms with Gasteiger partial charge in [0.2, 0.25) is 0 Å². The van der Waals surface area contributed by atoms with Crippen molar-refractivity contribution in [1.29, 1.82) is 0 Å². The molecule has 3 aromatic rings. The first-order chi connectivity index (χ1) is 14.0. The van der Waals surface area contributed by atoms with Crippen LogP contribution >= 0.6 is 11.3 Å². The highest BCUT2D eigenvalue weighted by Gasteiger charge is 2.24. The summed E-state index contributed by atoms with van der Waals surface area (Å²) in [5, 5.41) is 3.67. The van der Waals surface area contributed by atoms with Crippen LogP contribution in [0, 0.1) is 18.7 Å². The van der Waals surface area contributed by atoms with E-state index in [9.17, 15) is 9.18 Å². The van der Waals surface area contributed by atoms with Crippen LogP contribution in [-0.4, -0.2) is 19.1 Å². The summed E-state index contributed by atoms with van der Waals surface area (Å²) < 4.78 is 26.5. The number of carbonyl (C=O) groups is 1. The van der Waals surface area contributed by atoms with E-state index in [-0.39, 0.29) is 23.7 Å². The maximum atomic E-state index is 14.2. The number of rotatable bonds is 4. The van der Waals surface area contributed by atoms with Gasteiger partial charge in [0.15, 0.2) is 11.5 Å². The van der Waals surface area contributed by atoms with Crippen LogP contribution in [0.2, 0.25) is 0 Å². The van der Waals surface area contributed by atoms with Gasteiger partial charge in [-0.2, -0.15) is 0 Å². The summed E-state index contributed by atoms with van der Waals surface area (Å²) in [5.74, 6) is 1.12. The van der Waals surface area contributed by atoms with Crippen molar-refractivity contribution in [3.63, 3.8) is 0 Å². The first-order valence-electron chi connectivity index (χ1n) is 9.83. The first kappa shape index (κ1) is 19.7. The van der Waals surface area contributed by atoms with E-state index in [0.717, 1.165) is 22.4 Å². The molecule has 2 aromatic carbocycles. The Labute approximate surface area is 173 Å². The summed E-state index contributed by atoms with van der Waals surface area (Å²) in [4.78, 5) is 13.6. The van der Waals surface area contributed by atoms with Crippen LogP contribution in [-0.2, 0) is 0 Å². The van der Waals surface area contributed by atoms with Crippen molar-refractivity contribution in [3.8, 4) is 11.5 Å². The zero-order valence-electron chi connectivity index (χ0n) is 16.8. The Morgan fingerprint density at radius 3 is 2.62 bits per heavy atom. The quantitative estimate of drug-likeness (QED) is 0.602. The van der Waals surface area contributed by atoms with Gasteiger partial charge in [-0.05, 0) is 48.2 Å². The molecule has 0 aliphatic carbocycles. The molecular weight excluding hydrogens is 389 g/mol. The smallest absolute Gasteiger partial charge is 0.262 e. The second kappa shape index (κ2) is 8.03. The Balaban J connectivity index is 1.64. The number of ether oxygens (including phenoxy) is 2. The molecule has 152 valence electrons. The summed E-state index contributed by atoms with van der Waals surface area (Å²) in [6, 6.07) is 10.6. The summed E-state index contributed by atoms with van der Waals surface area (Å²) in [6.07, 6.45) is 0.843. The van der Waals surface area contributed by atoms with E-state index in [1.165, 1.54) is 17.4 Å². The average Bonchev–Trinajstić information content (AvgIpc) is 2.88. The van der Waals surface area contributed by atoms with Crippen molar-refractivity contribution in [2.45, 2.75) is 33.2 Å². The second-order valence-corrected chi connectivity index (χ2v) is 8.67. The number of benzene rings is 2. The number of nitrogens with one attached hydrogen (secondary N) is 1. The normalized spacial score (nSPS) is 14.7. The molecule has 0 saturated carbocycles. The number of carbonyl (C=O) groups excluding carboxylic acids is 1. The molecule has 0 fully saturated rings. The van der Waals surface area contributed by atoms with Crippen molar-refractivity contribution in [1.82, 2.24) is 5.32 Å². The standard InChI is InChI=1S/C23H24FNO3S/c1-13(2)21(15-8-9-17-18(12-15)28-11-5-10-27-17)25-23(26)22-14(3)20-16(24)6-4-7-19(20)29-22/h4,6-9,12-13,21H,5,10-11H2,1-3H3,(H,25,26)/t21-/m0/s1. The minimum atomic E-state index is -0.293. The van der Waals surface area contributed by atoms with Gasteiger partial charge >= 0.3 is 0 Å². The molecule has 4 rings (SSSR count). The van der Waals surface area contributed by atoms with Crippen LogP contribution in [0.1, 0.15) is 47.1 Å². The molecule has 0 unspecified atom stereocenters. The summed E-state index contributed by atoms with van der Waals surface area (Å²) >= 11 is 1.32. The number of fused-ring (bicyclic) bond motifs is 2. The highest BCUT2D eigenvalue weighted by Crippen LogP contribution is 2.36. The fraction of sp³-hybridized carbons (Fsp3) is 0.348. The van der Waals surface area contributed by atoms with E-state index in [2.05, 4.69) is 19.2 Å². The van der Waals surface area contributed by atoms with Crippen LogP contribution in [0.25, 0.3) is 10.1 Å². The van der Waals surface area contributed by atoms with E-state index in [0.29, 0.717) is 34.8 Å². The van der Waals surface area contributed by atoms with E-state index in [4.69, 9.17) is 9.47 Å². The van der Waals surface area contributed by atoms with Gasteiger partial charge in [0, 0.05) is 16.5 Å². The number of thiophene rings is 1. The van der Waals surface area contributed by atoms with Crippen LogP contribution in [0.5, 0.6) is 11.5 Å². The molecule has 1 N–H and O–H groups in total. The summed E-state index contributed by atoms with van der Waals surface area (Å²) in [5.41, 5.74) is 1.64. The Morgan fingerprint density at radius 1 is 1.14 bits per heavy atom. The van der Waals surface area contributed by atoms with E-state index in [1.807, 2.05) is 24.3 Å². The van der Waals surface area contributed by atoms with Crippen LogP contribution in [0.15, 0.2) is 36.4 Å². The Hall–Kier alpha value is -2.60. The largest absolute Gasteiger partial charge is 0.490 e. The number of hydrogen-bond acceptors (Lipinski definition) is 4. The summed E-state index contributed by atoms with van der Waals surface area (Å²) in [6.45, 7) is 7.17. The van der Waals surface area contributed by atoms with Gasteiger partial charge in [0.25, 0.3) is 5.91 Å². The van der Waals surface area contributed by atoms with Gasteiger partial charge in [-0.1, -0.05) is 26.0 Å². The monoisotopic (exact) mass is 413 g/mol. The maximum absolute atomic E-state index is 14.2. The zero-order valence-corrected chi connectivity index (χ0v) is 17.6. The molecule has 1 aromatic heterocycles. The molecule has 2 heterocycles. The van der Waals surface area contributed by atoms with Crippen molar-refractivity contribution < 1.29 is 18.7 Å². The van der Waals surface area contributed by atoms with E-state index in [1.54, 1.807) is 13.0 Å². The predicted octanol–water partition coefficient (Wildman–Crippen LogP) is 5.64. The summed E-state index contributed by atoms with van der Waals surface area (Å²) in [7, 11) is 0. The number of halogens is 1. The molecule has 1 amide bonds. The molecule has 0 spiro atoms. The van der Waals surface area contributed by atoms with Gasteiger partial charge in [-0.3, -0.25) is 4.79 Å². The molecule has 1 aliphatic rings. The lowest BCUT2D eigenvalue weighted by atomic mass is 9.95. The highest BCUT2D eigenvalue weighted by molar-refractivity contribution is 7.21. The predicted molar refractivity (Wildman–Crippen MR) is 114 cm³/mol. The van der Waals surface area contributed by atoms with Crippen molar-refractivity contribution in [2.24, 2.45) is 5.92 Å². The molecule has 0 saturated heterocycles. The minimum Gasteiger partial charge on any atom is -0.490 e. The molecule has 6 heteroatoms. The number of aryl methyl sites for hydroxylation is 1. The van der Waals surface area contributed by atoms with Crippen molar-refractivity contribution >= 4 is 27.3 Å². The SMILES string of the molecule is Cc1c(C(=O)N[C@H](c2ccc3c(c2)OCCCO3)C(C)C)sc2cccc(F)c12. The van der Waals surface area contributed by atoms with Crippen LogP contribution < -0.4 is 14.8 Å². The van der Waals surface area contributed by atoms with Crippen molar-refractivity contribution in [2.75, 3.05) is 13.2 Å². The average molecular weight is 414 g/mol. The fourth-order valence-electron chi connectivity index (χ4n) is 3.69. The topological polar surface area (TPSA) is 47.6 Å². The van der Waals surface area contributed by atoms with Gasteiger partial charge in [-0.15, -0.1) is 11.3 Å². The zero-order chi connectivity index (χ0) is 20.5. The Morgan fingerprint density at radius 2 is 1.90 bits per heavy atom. The third-order valence-corrected chi connectivity index (χ3v) is 6.45. The lowest BCUT2D eigenvalue weighted by molar-refractivity contribution is 0.0929. The molecular formula is C23H24FNO3S. The molecule has 1 atom stereocenters. The lowest BCUT2D eigenvalue weighted by Gasteiger charge is -2.24. The van der Waals surface area contributed by atoms with Crippen LogP contribution in [0.4, 0.5) is 4.39 Å². The highest BCUT2D eigenvalue weighted by atomic mass is 32.1. The van der Waals surface area contributed by atoms with Gasteiger partial charge in [-0.25, -0.2) is 4.39 Å². The van der Waals surface area contributed by atoms with Gasteiger partial charge in [0.1, 0.15) is 5.82 Å². The molecule has 1 aliphatic heterocycles. The number of hydrogen-bond donors (Lipinski definition) is 1. The Kier molecular flexibility index (Phi) is 5.46. The molecule has 0 bridgehead atoms. The molecule has 29 heavy (non-hydrogen) atoms. The first-order valence-corrected chi connectivity index (χ1v) is 10.7. The van der Waals surface area contributed by atoms with Gasteiger partial charge < -0.3 is 14.8 Å². The maximum Gasteiger partial charge on any atom is 0.262 e. The Bertz CT molecular complexity index is 1060. The lowest BCUT2D eigenvalue weighted by Crippen LogP contribution is -2.31. The van der Waals surface area contributed by atoms with E-state index >= 15 is 0 Å². The molecule has 0 radical (unpaired) electrons. The van der Waals surface area contributed by atoms with Gasteiger partial charge in [0.05, 0.1) is 24.1 Å². The third-order valence-electron chi connectivity index (χ3n) is 5.19. The fourth-order valence-corrected chi connectivity index (χ4v) is 4.81. The molecule has 4 nitrogen and oxygen atoms in total. The second-order valence-electron chi connectivity index (χ2n) is 7.62. The van der Waals surface area contributed by atoms with E-state index < -0.39 is 0 Å². The number of amides is 1. The van der Waals surface area contributed by atoms with Crippen LogP contribution in [0.3, 0.4) is 0 Å². The third kappa shape index (κ3) is 3.81.